The van der Waals surface area contributed by atoms with Gasteiger partial charge in [0.05, 0.1) is 0 Å². The zero-order valence-corrected chi connectivity index (χ0v) is 16.8. The first-order chi connectivity index (χ1) is 9.32. The summed E-state index contributed by atoms with van der Waals surface area (Å²) in [7, 11) is 0. The molecule has 104 valence electrons. The van der Waals surface area contributed by atoms with Gasteiger partial charge in [-0.3, -0.25) is 0 Å². The Bertz CT molecular complexity index is 690. The normalized spacial score (nSPS) is 14.3. The van der Waals surface area contributed by atoms with Crippen molar-refractivity contribution in [2.75, 3.05) is 0 Å². The first-order valence-electron chi connectivity index (χ1n) is 7.30. The molecule has 0 saturated carbocycles. The summed E-state index contributed by atoms with van der Waals surface area (Å²) in [6.07, 6.45) is 0. The van der Waals surface area contributed by atoms with E-state index < -0.39 is 21.8 Å². The fraction of sp³-hybridized carbons (Fsp3) is 0.368. The van der Waals surface area contributed by atoms with E-state index in [0.29, 0.717) is 0 Å². The van der Waals surface area contributed by atoms with E-state index in [-0.39, 0.29) is 5.41 Å². The molecule has 1 aliphatic rings. The first-order valence-corrected chi connectivity index (χ1v) is 14.3. The standard InChI is InChI=1S/C18H20.CH3.Bi/c1-13-11-16(15-9-7-6-8-10-15)12-17(14(13)2)18(3,4)5;;/h6-9,11H,1-5H3;1H3;. The van der Waals surface area contributed by atoms with E-state index in [1.807, 2.05) is 0 Å². The minimum absolute atomic E-state index is 0.242. The van der Waals surface area contributed by atoms with Crippen LogP contribution in [0.2, 0.25) is 4.63 Å². The van der Waals surface area contributed by atoms with Crippen molar-refractivity contribution in [2.45, 2.75) is 44.7 Å². The molecular formula is C19H23Bi. The van der Waals surface area contributed by atoms with Crippen LogP contribution < -0.4 is 6.54 Å². The van der Waals surface area contributed by atoms with Crippen LogP contribution in [0.5, 0.6) is 0 Å². The second-order valence-electron chi connectivity index (χ2n) is 6.92. The van der Waals surface area contributed by atoms with Gasteiger partial charge in [-0.2, -0.15) is 0 Å². The molecule has 0 atom stereocenters. The Balaban J connectivity index is 2.41. The molecule has 0 spiro atoms. The average Bonchev–Trinajstić information content (AvgIpc) is 2.64. The molecule has 0 nitrogen and oxygen atoms in total. The van der Waals surface area contributed by atoms with Gasteiger partial charge in [0.2, 0.25) is 0 Å². The quantitative estimate of drug-likeness (QED) is 0.525. The molecule has 0 unspecified atom stereocenters. The van der Waals surface area contributed by atoms with Crippen molar-refractivity contribution in [3.8, 4) is 11.1 Å². The van der Waals surface area contributed by atoms with Crippen LogP contribution in [0, 0.1) is 13.8 Å². The van der Waals surface area contributed by atoms with Crippen molar-refractivity contribution >= 4 is 28.3 Å². The molecule has 1 heteroatoms. The Hall–Kier alpha value is -0.677. The third kappa shape index (κ3) is 1.98. The third-order valence-corrected chi connectivity index (χ3v) is 13.2. The van der Waals surface area contributed by atoms with Gasteiger partial charge in [-0.1, -0.05) is 0 Å². The molecule has 2 aromatic carbocycles. The maximum absolute atomic E-state index is 2.56. The van der Waals surface area contributed by atoms with Crippen LogP contribution in [0.15, 0.2) is 30.3 Å². The predicted molar refractivity (Wildman–Crippen MR) is 90.9 cm³/mol. The number of rotatable bonds is 0. The summed E-state index contributed by atoms with van der Waals surface area (Å²) in [5, 5.41) is 0. The molecule has 1 aliphatic heterocycles. The number of hydrogen-bond donors (Lipinski definition) is 0. The summed E-state index contributed by atoms with van der Waals surface area (Å²) in [6.45, 7) is 11.7. The van der Waals surface area contributed by atoms with Crippen LogP contribution >= 0.6 is 0 Å². The van der Waals surface area contributed by atoms with E-state index in [9.17, 15) is 0 Å². The second kappa shape index (κ2) is 4.67. The van der Waals surface area contributed by atoms with Gasteiger partial charge in [-0.15, -0.1) is 0 Å². The molecule has 0 N–H and O–H groups in total. The van der Waals surface area contributed by atoms with Gasteiger partial charge in [0.15, 0.2) is 0 Å². The van der Waals surface area contributed by atoms with Gasteiger partial charge in [0.25, 0.3) is 0 Å². The van der Waals surface area contributed by atoms with Crippen LogP contribution in [0.3, 0.4) is 0 Å². The van der Waals surface area contributed by atoms with Crippen molar-refractivity contribution in [1.29, 1.82) is 0 Å². The first kappa shape index (κ1) is 14.3. The Morgan fingerprint density at radius 3 is 2.25 bits per heavy atom. The van der Waals surface area contributed by atoms with Crippen molar-refractivity contribution < 1.29 is 0 Å². The molecular weight excluding hydrogens is 437 g/mol. The van der Waals surface area contributed by atoms with E-state index >= 15 is 0 Å². The Morgan fingerprint density at radius 2 is 1.60 bits per heavy atom. The summed E-state index contributed by atoms with van der Waals surface area (Å²) in [4.78, 5) is 0. The number of benzene rings is 2. The molecule has 20 heavy (non-hydrogen) atoms. The van der Waals surface area contributed by atoms with E-state index in [4.69, 9.17) is 0 Å². The van der Waals surface area contributed by atoms with Gasteiger partial charge in [-0.25, -0.2) is 0 Å². The molecule has 0 bridgehead atoms. The molecule has 0 radical (unpaired) electrons. The van der Waals surface area contributed by atoms with Gasteiger partial charge in [0.1, 0.15) is 0 Å². The summed E-state index contributed by atoms with van der Waals surface area (Å²) in [6, 6.07) is 11.6. The fourth-order valence-electron chi connectivity index (χ4n) is 3.49. The van der Waals surface area contributed by atoms with Crippen LogP contribution in [0.25, 0.3) is 11.1 Å². The maximum atomic E-state index is 2.56. The van der Waals surface area contributed by atoms with Crippen molar-refractivity contribution in [3.63, 3.8) is 0 Å². The molecule has 0 aromatic heterocycles. The van der Waals surface area contributed by atoms with Gasteiger partial charge in [-0.05, 0) is 0 Å². The van der Waals surface area contributed by atoms with Crippen LogP contribution in [0.1, 0.15) is 37.5 Å². The van der Waals surface area contributed by atoms with E-state index in [1.165, 1.54) is 16.7 Å². The molecule has 2 aromatic rings. The number of hydrogen-bond acceptors (Lipinski definition) is 0. The average molecular weight is 460 g/mol. The fourth-order valence-corrected chi connectivity index (χ4v) is 13.2. The summed E-state index contributed by atoms with van der Waals surface area (Å²) in [5.74, 6) is 0. The zero-order chi connectivity index (χ0) is 14.7. The van der Waals surface area contributed by atoms with Crippen LogP contribution in [-0.4, -0.2) is 21.8 Å². The zero-order valence-electron chi connectivity index (χ0n) is 13.3. The summed E-state index contributed by atoms with van der Waals surface area (Å²) in [5.41, 5.74) is 7.93. The summed E-state index contributed by atoms with van der Waals surface area (Å²) < 4.78 is 6.01. The molecule has 0 saturated heterocycles. The third-order valence-electron chi connectivity index (χ3n) is 4.46. The van der Waals surface area contributed by atoms with E-state index in [2.05, 4.69) is 69.6 Å². The molecule has 1 heterocycles. The van der Waals surface area contributed by atoms with Gasteiger partial charge >= 0.3 is 131 Å². The van der Waals surface area contributed by atoms with Gasteiger partial charge in [0, 0.05) is 0 Å². The topological polar surface area (TPSA) is 0 Å². The SMILES string of the molecule is Cc1cc2[c](c(C(C)(C)C)c1C)[Bi]([CH3])[c]1ccccc1-2. The number of fused-ring (bicyclic) bond motifs is 3. The number of aryl methyl sites for hydroxylation is 1. The molecule has 3 rings (SSSR count). The Labute approximate surface area is 130 Å². The molecule has 0 fully saturated rings. The van der Waals surface area contributed by atoms with Crippen molar-refractivity contribution in [3.05, 3.63) is 47.0 Å². The van der Waals surface area contributed by atoms with Gasteiger partial charge < -0.3 is 0 Å². The van der Waals surface area contributed by atoms with Crippen molar-refractivity contribution in [1.82, 2.24) is 0 Å². The second-order valence-corrected chi connectivity index (χ2v) is 14.9. The molecule has 0 aliphatic carbocycles. The Kier molecular flexibility index (Phi) is 3.33. The van der Waals surface area contributed by atoms with E-state index in [0.717, 1.165) is 0 Å². The van der Waals surface area contributed by atoms with E-state index in [1.54, 1.807) is 17.7 Å². The Morgan fingerprint density at radius 1 is 0.950 bits per heavy atom. The predicted octanol–water partition coefficient (Wildman–Crippen LogP) is 3.82. The molecule has 0 amide bonds. The van der Waals surface area contributed by atoms with Crippen LogP contribution in [0.4, 0.5) is 0 Å². The summed E-state index contributed by atoms with van der Waals surface area (Å²) >= 11 is -1.75. The monoisotopic (exact) mass is 460 g/mol. The van der Waals surface area contributed by atoms with Crippen LogP contribution in [-0.2, 0) is 5.41 Å². The van der Waals surface area contributed by atoms with Crippen molar-refractivity contribution in [2.24, 2.45) is 0 Å². The minimum atomic E-state index is -1.75.